The molecule has 0 aliphatic carbocycles. The average molecular weight is 164 g/mol. The number of rotatable bonds is 3. The number of aliphatic carboxylic acids is 1. The van der Waals surface area contributed by atoms with E-state index in [9.17, 15) is 4.79 Å². The van der Waals surface area contributed by atoms with Crippen molar-refractivity contribution in [3.8, 4) is 0 Å². The van der Waals surface area contributed by atoms with E-state index in [1.54, 1.807) is 6.20 Å². The summed E-state index contributed by atoms with van der Waals surface area (Å²) in [5.41, 5.74) is 6.00. The van der Waals surface area contributed by atoms with Crippen LogP contribution in [0.3, 0.4) is 0 Å². The van der Waals surface area contributed by atoms with Gasteiger partial charge in [0.25, 0.3) is 0 Å². The number of hydrogen-bond donors (Lipinski definition) is 3. The van der Waals surface area contributed by atoms with Crippen LogP contribution in [-0.2, 0) is 11.2 Å². The lowest BCUT2D eigenvalue weighted by Crippen LogP contribution is -2.32. The molecule has 0 saturated heterocycles. The molecule has 1 aromatic rings. The number of carbonyl (C=O) groups is 1. The largest absolute Gasteiger partial charge is 0.480 e. The SMILES string of the molecule is [15NH2][13C@@H]([13CH2][13c]1[13cH][15n][13cH][15nH]1)[13C](=O)O. The quantitative estimate of drug-likeness (QED) is 0.409. The fourth-order valence-electron chi connectivity index (χ4n) is 0.721. The summed E-state index contributed by atoms with van der Waals surface area (Å²) in [4.78, 5) is 16.8. The van der Waals surface area contributed by atoms with Crippen LogP contribution >= 0.6 is 0 Å². The first-order valence-electron chi connectivity index (χ1n) is 3.16. The fourth-order valence-corrected chi connectivity index (χ4v) is 0.721. The van der Waals surface area contributed by atoms with E-state index in [0.717, 1.165) is 5.69 Å². The van der Waals surface area contributed by atoms with Gasteiger partial charge >= 0.3 is 5.97 Å². The summed E-state index contributed by atoms with van der Waals surface area (Å²) in [5, 5.41) is 8.42. The molecule has 60 valence electrons. The zero-order chi connectivity index (χ0) is 8.27. The van der Waals surface area contributed by atoms with Gasteiger partial charge in [0.05, 0.1) is 6.33 Å². The second-order valence-corrected chi connectivity index (χ2v) is 2.23. The Labute approximate surface area is 63.3 Å². The highest BCUT2D eigenvalue weighted by Crippen LogP contribution is 1.95. The molecule has 5 nitrogen and oxygen atoms in total. The van der Waals surface area contributed by atoms with Crippen LogP contribution in [0.5, 0.6) is 0 Å². The van der Waals surface area contributed by atoms with Crippen molar-refractivity contribution in [3.63, 3.8) is 0 Å². The lowest BCUT2D eigenvalue weighted by molar-refractivity contribution is -0.138. The maximum absolute atomic E-state index is 10.3. The topological polar surface area (TPSA) is 92.0 Å². The van der Waals surface area contributed by atoms with Crippen molar-refractivity contribution in [1.29, 1.82) is 0 Å². The summed E-state index contributed by atoms with van der Waals surface area (Å²) in [7, 11) is 0. The Kier molecular flexibility index (Phi) is 2.22. The normalized spacial score (nSPS) is 12.8. The highest BCUT2D eigenvalue weighted by Gasteiger charge is 2.11. The number of imidazole rings is 1. The van der Waals surface area contributed by atoms with Gasteiger partial charge in [-0.3, -0.25) is 4.79 Å². The summed E-state index contributed by atoms with van der Waals surface area (Å²) in [6.07, 6.45) is 3.34. The molecule has 4 N–H and O–H groups in total. The van der Waals surface area contributed by atoms with Crippen molar-refractivity contribution < 1.29 is 9.90 Å². The van der Waals surface area contributed by atoms with Crippen molar-refractivity contribution in [2.75, 3.05) is 0 Å². The summed E-state index contributed by atoms with van der Waals surface area (Å²) in [5.74, 6) is -1.00. The molecular weight excluding hydrogens is 155 g/mol. The number of nitrogens with two attached hydrogens (primary N) is 1. The zero-order valence-corrected chi connectivity index (χ0v) is 5.82. The summed E-state index contributed by atoms with van der Waals surface area (Å²) < 4.78 is 0. The summed E-state index contributed by atoms with van der Waals surface area (Å²) >= 11 is 0. The first kappa shape index (κ1) is 7.74. The van der Waals surface area contributed by atoms with Crippen molar-refractivity contribution in [3.05, 3.63) is 18.2 Å². The molecule has 0 fully saturated rings. The van der Waals surface area contributed by atoms with Crippen LogP contribution in [-0.4, -0.2) is 27.1 Å². The number of carboxylic acids is 1. The van der Waals surface area contributed by atoms with Gasteiger partial charge in [0.2, 0.25) is 0 Å². The molecule has 1 heterocycles. The van der Waals surface area contributed by atoms with Crippen molar-refractivity contribution in [1.82, 2.24) is 9.97 Å². The van der Waals surface area contributed by atoms with Gasteiger partial charge in [0, 0.05) is 18.3 Å². The average Bonchev–Trinajstić information content (AvgIpc) is 2.39. The predicted molar refractivity (Wildman–Crippen MR) is 37.9 cm³/mol. The van der Waals surface area contributed by atoms with E-state index in [1.807, 2.05) is 0 Å². The molecule has 0 aromatic carbocycles. The second kappa shape index (κ2) is 3.16. The smallest absolute Gasteiger partial charge is 0.320 e. The highest BCUT2D eigenvalue weighted by molar-refractivity contribution is 5.73. The number of H-pyrrole nitrogens is 1. The third-order valence-electron chi connectivity index (χ3n) is 1.31. The predicted octanol–water partition coefficient (Wildman–Crippen LogP) is -0.636. The Morgan fingerprint density at radius 3 is 3.09 bits per heavy atom. The minimum absolute atomic E-state index is 0.287. The van der Waals surface area contributed by atoms with Crippen LogP contribution in [0.4, 0.5) is 0 Å². The molecule has 1 aromatic heterocycles. The van der Waals surface area contributed by atoms with Crippen LogP contribution in [0, 0.1) is 0 Å². The van der Waals surface area contributed by atoms with Gasteiger partial charge in [0.1, 0.15) is 6.04 Å². The first-order chi connectivity index (χ1) is 5.20. The van der Waals surface area contributed by atoms with Crippen molar-refractivity contribution in [2.45, 2.75) is 12.5 Å². The number of nitrogens with one attached hydrogen (secondary N) is 1. The van der Waals surface area contributed by atoms with Gasteiger partial charge < -0.3 is 15.8 Å². The van der Waals surface area contributed by atoms with Crippen LogP contribution < -0.4 is 5.73 Å². The molecule has 1 atom stereocenters. The van der Waals surface area contributed by atoms with Crippen molar-refractivity contribution >= 4 is 5.97 Å². The highest BCUT2D eigenvalue weighted by atomic mass is 16.5. The van der Waals surface area contributed by atoms with E-state index >= 15 is 0 Å². The number of aromatic amines is 1. The lowest BCUT2D eigenvalue weighted by atomic mass is 11.2. The molecular formula is C6H9N3O2. The molecule has 0 radical (unpaired) electrons. The number of hydrogen-bond acceptors (Lipinski definition) is 3. The summed E-state index contributed by atoms with van der Waals surface area (Å²) in [6.45, 7) is 0. The number of nitrogens with zero attached hydrogens (tertiary/aromatic N) is 1. The van der Waals surface area contributed by atoms with E-state index in [-0.39, 0.29) is 6.42 Å². The zero-order valence-electron chi connectivity index (χ0n) is 5.82. The molecule has 5 heteroatoms. The van der Waals surface area contributed by atoms with Crippen LogP contribution in [0.1, 0.15) is 5.69 Å². The Balaban J connectivity index is 2.50. The fraction of sp³-hybridized carbons (Fsp3) is 0.333. The molecule has 0 aliphatic rings. The van der Waals surface area contributed by atoms with E-state index < -0.39 is 12.0 Å². The number of aromatic nitrogens is 2. The first-order valence-corrected chi connectivity index (χ1v) is 3.16. The Hall–Kier alpha value is -1.36. The van der Waals surface area contributed by atoms with Gasteiger partial charge in [-0.15, -0.1) is 0 Å². The monoisotopic (exact) mass is 164 g/mol. The Morgan fingerprint density at radius 2 is 2.64 bits per heavy atom. The Morgan fingerprint density at radius 1 is 1.91 bits per heavy atom. The third kappa shape index (κ3) is 2.05. The van der Waals surface area contributed by atoms with E-state index in [1.165, 1.54) is 6.33 Å². The van der Waals surface area contributed by atoms with Crippen LogP contribution in [0.15, 0.2) is 12.5 Å². The number of carboxylic acid groups (broad SMARTS) is 1. The van der Waals surface area contributed by atoms with Gasteiger partial charge in [-0.1, -0.05) is 0 Å². The molecule has 0 spiro atoms. The molecule has 0 aliphatic heterocycles. The van der Waals surface area contributed by atoms with Gasteiger partial charge in [0.15, 0.2) is 0 Å². The molecule has 0 unspecified atom stereocenters. The minimum atomic E-state index is -1.00. The molecule has 1 rings (SSSR count). The Bertz CT molecular complexity index is 232. The maximum Gasteiger partial charge on any atom is 0.320 e. The van der Waals surface area contributed by atoms with Gasteiger partial charge in [-0.05, 0) is 0 Å². The minimum Gasteiger partial charge on any atom is -0.480 e. The summed E-state index contributed by atoms with van der Waals surface area (Å²) in [6, 6.07) is -0.851. The van der Waals surface area contributed by atoms with E-state index in [4.69, 9.17) is 10.8 Å². The van der Waals surface area contributed by atoms with E-state index in [2.05, 4.69) is 9.97 Å². The molecule has 0 bridgehead atoms. The maximum atomic E-state index is 10.3. The van der Waals surface area contributed by atoms with Gasteiger partial charge in [-0.25, -0.2) is 4.98 Å². The van der Waals surface area contributed by atoms with E-state index in [0.29, 0.717) is 0 Å². The molecule has 0 saturated carbocycles. The lowest BCUT2D eigenvalue weighted by Gasteiger charge is -2.02. The molecule has 11 heavy (non-hydrogen) atoms. The molecule has 0 amide bonds. The second-order valence-electron chi connectivity index (χ2n) is 2.23. The van der Waals surface area contributed by atoms with Crippen LogP contribution in [0.2, 0.25) is 0 Å². The van der Waals surface area contributed by atoms with Crippen LogP contribution in [0.25, 0.3) is 0 Å². The van der Waals surface area contributed by atoms with Gasteiger partial charge in [-0.2, -0.15) is 0 Å². The third-order valence-corrected chi connectivity index (χ3v) is 1.31. The standard InChI is InChI=1S/C6H9N3O2/c7-5(6(10)11)1-4-2-8-3-9-4/h2-3,5H,1,7H2,(H,8,9)(H,10,11)/t5-/m0/s1/i1+1,2+1,3+1,4+1,5+1,6+1,7+1,8+1,9+1. The van der Waals surface area contributed by atoms with Crippen molar-refractivity contribution in [2.24, 2.45) is 5.73 Å².